The summed E-state index contributed by atoms with van der Waals surface area (Å²) in [6.45, 7) is 10.8. The zero-order chi connectivity index (χ0) is 20.1. The van der Waals surface area contributed by atoms with Crippen molar-refractivity contribution in [1.29, 1.82) is 0 Å². The molecule has 0 saturated carbocycles. The van der Waals surface area contributed by atoms with Crippen molar-refractivity contribution >= 4 is 20.6 Å². The molecule has 2 heterocycles. The first-order valence-electron chi connectivity index (χ1n) is 11.2. The van der Waals surface area contributed by atoms with Crippen LogP contribution in [0.4, 0.5) is 0 Å². The predicted molar refractivity (Wildman–Crippen MR) is 125 cm³/mol. The van der Waals surface area contributed by atoms with E-state index in [2.05, 4.69) is 44.6 Å². The molecule has 0 aromatic heterocycles. The first-order valence-corrected chi connectivity index (χ1v) is 14.7. The van der Waals surface area contributed by atoms with Crippen LogP contribution in [0.3, 0.4) is 0 Å². The fourth-order valence-corrected chi connectivity index (χ4v) is 9.06. The normalized spacial score (nSPS) is 26.9. The second-order valence-electron chi connectivity index (χ2n) is 9.68. The molecule has 28 heavy (non-hydrogen) atoms. The summed E-state index contributed by atoms with van der Waals surface area (Å²) in [4.78, 5) is 5.12. The molecule has 0 aliphatic carbocycles. The maximum atomic E-state index is 6.30. The van der Waals surface area contributed by atoms with Crippen LogP contribution >= 0.6 is 0 Å². The van der Waals surface area contributed by atoms with Gasteiger partial charge in [-0.2, -0.15) is 0 Å². The number of benzene rings is 1. The zero-order valence-electron chi connectivity index (χ0n) is 18.2. The summed E-state index contributed by atoms with van der Waals surface area (Å²) in [6.07, 6.45) is 14.1. The van der Waals surface area contributed by atoms with Gasteiger partial charge in [-0.15, -0.1) is 6.42 Å². The van der Waals surface area contributed by atoms with E-state index in [4.69, 9.17) is 16.2 Å². The number of rotatable bonds is 5. The lowest BCUT2D eigenvalue weighted by Crippen LogP contribution is -2.48. The molecule has 2 nitrogen and oxygen atoms in total. The predicted octanol–water partition coefficient (Wildman–Crippen LogP) is 6.43. The summed E-state index contributed by atoms with van der Waals surface area (Å²) in [5, 5.41) is 0. The van der Waals surface area contributed by atoms with E-state index >= 15 is 0 Å². The van der Waals surface area contributed by atoms with Crippen molar-refractivity contribution in [2.75, 3.05) is 6.61 Å². The van der Waals surface area contributed by atoms with E-state index in [1.54, 1.807) is 0 Å². The van der Waals surface area contributed by atoms with E-state index < -0.39 is 8.07 Å². The lowest BCUT2D eigenvalue weighted by Gasteiger charge is -2.39. The summed E-state index contributed by atoms with van der Waals surface area (Å²) in [6, 6.07) is 10.0. The molecule has 0 radical (unpaired) electrons. The summed E-state index contributed by atoms with van der Waals surface area (Å²) in [7, 11) is -1.38. The molecule has 0 spiro atoms. The third-order valence-electron chi connectivity index (χ3n) is 6.81. The molecular weight excluding hydrogens is 357 g/mol. The SMILES string of the molecule is C#C[C@H](N=C(OCC)B1C2CCCC(CCC2)C1[Si](C)(C)C)c1ccccc1. The van der Waals surface area contributed by atoms with Crippen LogP contribution in [0.5, 0.6) is 0 Å². The molecule has 0 amide bonds. The highest BCUT2D eigenvalue weighted by atomic mass is 28.3. The molecule has 2 aliphatic rings. The van der Waals surface area contributed by atoms with Crippen molar-refractivity contribution in [2.24, 2.45) is 10.9 Å². The van der Waals surface area contributed by atoms with Gasteiger partial charge in [0.2, 0.25) is 0 Å². The van der Waals surface area contributed by atoms with Gasteiger partial charge in [0.25, 0.3) is 6.71 Å². The highest BCUT2D eigenvalue weighted by Gasteiger charge is 2.51. The van der Waals surface area contributed by atoms with E-state index in [-0.39, 0.29) is 6.04 Å². The molecule has 2 aliphatic heterocycles. The van der Waals surface area contributed by atoms with Gasteiger partial charge in [-0.1, -0.05) is 106 Å². The van der Waals surface area contributed by atoms with Gasteiger partial charge in [0.1, 0.15) is 11.8 Å². The number of hydrogen-bond donors (Lipinski definition) is 0. The number of hydrogen-bond acceptors (Lipinski definition) is 2. The number of nitrogens with zero attached hydrogens (tertiary/aromatic N) is 1. The Morgan fingerprint density at radius 1 is 1.18 bits per heavy atom. The molecule has 2 saturated heterocycles. The molecule has 1 aromatic rings. The van der Waals surface area contributed by atoms with Crippen LogP contribution in [0.15, 0.2) is 35.3 Å². The molecule has 2 fully saturated rings. The third-order valence-corrected chi connectivity index (χ3v) is 9.64. The Bertz CT molecular complexity index is 696. The summed E-state index contributed by atoms with van der Waals surface area (Å²) in [5.41, 5.74) is 1.82. The fourth-order valence-electron chi connectivity index (χ4n) is 5.82. The number of aliphatic imine (C=N–C) groups is 1. The van der Waals surface area contributed by atoms with Gasteiger partial charge in [-0.3, -0.25) is 0 Å². The Morgan fingerprint density at radius 2 is 1.82 bits per heavy atom. The van der Waals surface area contributed by atoms with Crippen molar-refractivity contribution in [1.82, 2.24) is 0 Å². The molecule has 150 valence electrons. The Morgan fingerprint density at radius 3 is 2.36 bits per heavy atom. The van der Waals surface area contributed by atoms with Crippen LogP contribution in [-0.4, -0.2) is 27.2 Å². The minimum absolute atomic E-state index is 0.256. The first-order chi connectivity index (χ1) is 13.5. The number of ether oxygens (including phenoxy) is 1. The van der Waals surface area contributed by atoms with E-state index in [1.165, 1.54) is 38.5 Å². The minimum atomic E-state index is -1.38. The smallest absolute Gasteiger partial charge is 0.251 e. The van der Waals surface area contributed by atoms with E-state index in [0.717, 1.165) is 22.7 Å². The molecular formula is C24H36BNOSi. The number of fused-ring (bicyclic) bond motifs is 3. The lowest BCUT2D eigenvalue weighted by atomic mass is 9.36. The molecule has 2 bridgehead atoms. The Hall–Kier alpha value is -1.47. The van der Waals surface area contributed by atoms with Gasteiger partial charge in [0.15, 0.2) is 0 Å². The molecule has 1 aromatic carbocycles. The second kappa shape index (κ2) is 9.35. The Labute approximate surface area is 173 Å². The molecule has 1 unspecified atom stereocenters. The highest BCUT2D eigenvalue weighted by Crippen LogP contribution is 2.50. The maximum absolute atomic E-state index is 6.30. The van der Waals surface area contributed by atoms with Crippen LogP contribution in [0.25, 0.3) is 0 Å². The van der Waals surface area contributed by atoms with Gasteiger partial charge in [0.05, 0.1) is 6.61 Å². The monoisotopic (exact) mass is 393 g/mol. The molecule has 3 rings (SSSR count). The quantitative estimate of drug-likeness (QED) is 0.244. The summed E-state index contributed by atoms with van der Waals surface area (Å²) < 4.78 is 6.30. The third kappa shape index (κ3) is 4.74. The molecule has 4 heteroatoms. The van der Waals surface area contributed by atoms with Crippen LogP contribution in [0, 0.1) is 18.3 Å². The van der Waals surface area contributed by atoms with Crippen molar-refractivity contribution in [3.05, 3.63) is 35.9 Å². The molecule has 2 atom stereocenters. The zero-order valence-corrected chi connectivity index (χ0v) is 19.2. The van der Waals surface area contributed by atoms with Crippen LogP contribution in [0.1, 0.15) is 57.1 Å². The lowest BCUT2D eigenvalue weighted by molar-refractivity contribution is 0.331. The van der Waals surface area contributed by atoms with Gasteiger partial charge >= 0.3 is 0 Å². The van der Waals surface area contributed by atoms with Gasteiger partial charge < -0.3 is 4.74 Å². The Kier molecular flexibility index (Phi) is 7.10. The van der Waals surface area contributed by atoms with Gasteiger partial charge in [-0.25, -0.2) is 4.99 Å². The molecule has 0 N–H and O–H groups in total. The van der Waals surface area contributed by atoms with Crippen molar-refractivity contribution in [2.45, 2.75) is 82.4 Å². The standard InChI is InChI=1S/C24H36BNOSi/c1-6-22(19-13-9-8-10-14-19)26-24(27-7-2)25-21-17-11-15-20(16-12-18-21)23(25)28(3,4)5/h1,8-10,13-14,20-23H,7,11-12,15-18H2,2-5H3/t20?,21?,22-,23?/m0/s1. The Balaban J connectivity index is 2.05. The van der Waals surface area contributed by atoms with E-state index in [9.17, 15) is 0 Å². The summed E-state index contributed by atoms with van der Waals surface area (Å²) >= 11 is 0. The van der Waals surface area contributed by atoms with Crippen molar-refractivity contribution in [3.8, 4) is 12.3 Å². The summed E-state index contributed by atoms with van der Waals surface area (Å²) in [5.74, 6) is 5.41. The minimum Gasteiger partial charge on any atom is -0.490 e. The van der Waals surface area contributed by atoms with E-state index in [0.29, 0.717) is 19.1 Å². The van der Waals surface area contributed by atoms with Crippen molar-refractivity contribution in [3.63, 3.8) is 0 Å². The van der Waals surface area contributed by atoms with Crippen LogP contribution < -0.4 is 0 Å². The maximum Gasteiger partial charge on any atom is 0.251 e. The van der Waals surface area contributed by atoms with Crippen molar-refractivity contribution < 1.29 is 4.74 Å². The first kappa shape index (κ1) is 21.2. The average molecular weight is 393 g/mol. The second-order valence-corrected chi connectivity index (χ2v) is 15.1. The van der Waals surface area contributed by atoms with Crippen LogP contribution in [0.2, 0.25) is 30.9 Å². The highest BCUT2D eigenvalue weighted by molar-refractivity contribution is 7.03. The van der Waals surface area contributed by atoms with Gasteiger partial charge in [0, 0.05) is 8.07 Å². The fraction of sp³-hybridized carbons (Fsp3) is 0.625. The number of terminal acetylenes is 1. The van der Waals surface area contributed by atoms with E-state index in [1.807, 2.05) is 18.2 Å². The topological polar surface area (TPSA) is 21.6 Å². The van der Waals surface area contributed by atoms with Gasteiger partial charge in [-0.05, 0) is 18.4 Å². The van der Waals surface area contributed by atoms with Crippen LogP contribution in [-0.2, 0) is 4.74 Å². The largest absolute Gasteiger partial charge is 0.490 e. The average Bonchev–Trinajstić information content (AvgIpc) is 2.95.